The molecular formula is C24H36O6. The van der Waals surface area contributed by atoms with Crippen LogP contribution in [0, 0.1) is 23.2 Å². The van der Waals surface area contributed by atoms with Crippen molar-refractivity contribution in [2.75, 3.05) is 0 Å². The predicted molar refractivity (Wildman–Crippen MR) is 112 cm³/mol. The lowest BCUT2D eigenvalue weighted by atomic mass is 9.60. The average molecular weight is 421 g/mol. The molecule has 3 rings (SSSR count). The Balaban J connectivity index is 2.14. The molecule has 0 unspecified atom stereocenters. The second-order valence-corrected chi connectivity index (χ2v) is 9.85. The maximum atomic E-state index is 11.9. The molecule has 0 saturated heterocycles. The summed E-state index contributed by atoms with van der Waals surface area (Å²) in [6.45, 7) is 13.2. The van der Waals surface area contributed by atoms with Crippen molar-refractivity contribution in [3.05, 3.63) is 23.3 Å². The van der Waals surface area contributed by atoms with Crippen molar-refractivity contribution in [3.8, 4) is 0 Å². The van der Waals surface area contributed by atoms with Crippen LogP contribution in [-0.2, 0) is 19.1 Å². The molecule has 3 aliphatic carbocycles. The van der Waals surface area contributed by atoms with Gasteiger partial charge in [0, 0.05) is 24.8 Å². The number of esters is 2. The van der Waals surface area contributed by atoms with Crippen molar-refractivity contribution in [3.63, 3.8) is 0 Å². The Bertz CT molecular complexity index is 755. The van der Waals surface area contributed by atoms with Gasteiger partial charge in [0.15, 0.2) is 0 Å². The Morgan fingerprint density at radius 2 is 1.67 bits per heavy atom. The summed E-state index contributed by atoms with van der Waals surface area (Å²) in [5, 5.41) is 22.3. The fourth-order valence-corrected chi connectivity index (χ4v) is 6.28. The fraction of sp³-hybridized carbons (Fsp3) is 0.750. The molecule has 0 spiro atoms. The zero-order valence-corrected chi connectivity index (χ0v) is 18.8. The zero-order valence-electron chi connectivity index (χ0n) is 18.8. The van der Waals surface area contributed by atoms with E-state index in [4.69, 9.17) is 9.47 Å². The number of aliphatic hydroxyl groups is 2. The molecule has 3 aliphatic rings. The number of rotatable bonds is 2. The van der Waals surface area contributed by atoms with Crippen LogP contribution in [-0.4, -0.2) is 46.6 Å². The minimum absolute atomic E-state index is 0.0304. The van der Waals surface area contributed by atoms with Crippen molar-refractivity contribution >= 4 is 11.9 Å². The molecule has 0 aromatic rings. The number of carbonyl (C=O) groups is 2. The zero-order chi connectivity index (χ0) is 22.4. The largest absolute Gasteiger partial charge is 0.458 e. The van der Waals surface area contributed by atoms with E-state index in [-0.39, 0.29) is 29.8 Å². The highest BCUT2D eigenvalue weighted by Crippen LogP contribution is 2.59. The molecule has 1 fully saturated rings. The Morgan fingerprint density at radius 3 is 2.27 bits per heavy atom. The van der Waals surface area contributed by atoms with Crippen molar-refractivity contribution in [2.45, 2.75) is 91.1 Å². The first-order valence-electron chi connectivity index (χ1n) is 11.1. The van der Waals surface area contributed by atoms with Gasteiger partial charge in [0.1, 0.15) is 18.3 Å². The van der Waals surface area contributed by atoms with E-state index in [0.717, 1.165) is 30.4 Å². The van der Waals surface area contributed by atoms with Gasteiger partial charge in [0.25, 0.3) is 0 Å². The average Bonchev–Trinajstić information content (AvgIpc) is 3.00. The third kappa shape index (κ3) is 3.96. The van der Waals surface area contributed by atoms with Crippen LogP contribution < -0.4 is 0 Å². The van der Waals surface area contributed by atoms with Crippen LogP contribution in [0.5, 0.6) is 0 Å². The van der Waals surface area contributed by atoms with E-state index in [1.807, 2.05) is 13.8 Å². The molecule has 0 aromatic carbocycles. The monoisotopic (exact) mass is 420 g/mol. The van der Waals surface area contributed by atoms with Gasteiger partial charge in [-0.25, -0.2) is 0 Å². The van der Waals surface area contributed by atoms with Gasteiger partial charge >= 0.3 is 11.9 Å². The van der Waals surface area contributed by atoms with Gasteiger partial charge in [-0.1, -0.05) is 26.0 Å². The molecule has 6 nitrogen and oxygen atoms in total. The summed E-state index contributed by atoms with van der Waals surface area (Å²) in [4.78, 5) is 23.6. The van der Waals surface area contributed by atoms with Crippen LogP contribution >= 0.6 is 0 Å². The quantitative estimate of drug-likeness (QED) is 0.526. The first kappa shape index (κ1) is 23.0. The molecular weight excluding hydrogens is 384 g/mol. The van der Waals surface area contributed by atoms with E-state index >= 15 is 0 Å². The highest BCUT2D eigenvalue weighted by atomic mass is 16.5. The van der Waals surface area contributed by atoms with Gasteiger partial charge in [-0.2, -0.15) is 0 Å². The van der Waals surface area contributed by atoms with Crippen molar-refractivity contribution in [1.82, 2.24) is 0 Å². The van der Waals surface area contributed by atoms with Crippen molar-refractivity contribution < 1.29 is 29.3 Å². The Kier molecular flexibility index (Phi) is 6.49. The Morgan fingerprint density at radius 1 is 1.07 bits per heavy atom. The molecule has 0 radical (unpaired) electrons. The number of aliphatic hydroxyl groups excluding tert-OH is 2. The number of carbonyl (C=O) groups excluding carboxylic acids is 2. The summed E-state index contributed by atoms with van der Waals surface area (Å²) < 4.78 is 11.3. The summed E-state index contributed by atoms with van der Waals surface area (Å²) in [5.74, 6) is -0.584. The highest BCUT2D eigenvalue weighted by molar-refractivity contribution is 5.67. The maximum absolute atomic E-state index is 11.9. The lowest BCUT2D eigenvalue weighted by Gasteiger charge is -2.48. The molecule has 1 saturated carbocycles. The van der Waals surface area contributed by atoms with Gasteiger partial charge in [-0.15, -0.1) is 0 Å². The van der Waals surface area contributed by atoms with E-state index in [9.17, 15) is 19.8 Å². The molecule has 6 heteroatoms. The van der Waals surface area contributed by atoms with E-state index in [0.29, 0.717) is 18.4 Å². The number of hydrogen-bond donors (Lipinski definition) is 2. The maximum Gasteiger partial charge on any atom is 0.303 e. The van der Waals surface area contributed by atoms with Gasteiger partial charge in [-0.3, -0.25) is 9.59 Å². The topological polar surface area (TPSA) is 93.1 Å². The van der Waals surface area contributed by atoms with E-state index < -0.39 is 29.7 Å². The summed E-state index contributed by atoms with van der Waals surface area (Å²) in [6, 6.07) is 0. The number of allylic oxidation sites excluding steroid dienone is 1. The second kappa shape index (κ2) is 8.46. The van der Waals surface area contributed by atoms with Gasteiger partial charge in [0.05, 0.1) is 6.10 Å². The minimum atomic E-state index is -1.07. The first-order valence-corrected chi connectivity index (χ1v) is 11.1. The Labute approximate surface area is 179 Å². The summed E-state index contributed by atoms with van der Waals surface area (Å²) in [6.07, 6.45) is 0.546. The van der Waals surface area contributed by atoms with E-state index in [2.05, 4.69) is 13.5 Å². The molecule has 30 heavy (non-hydrogen) atoms. The minimum Gasteiger partial charge on any atom is -0.458 e. The van der Waals surface area contributed by atoms with E-state index in [1.165, 1.54) is 13.8 Å². The summed E-state index contributed by atoms with van der Waals surface area (Å²) >= 11 is 0. The van der Waals surface area contributed by atoms with Gasteiger partial charge in [0.2, 0.25) is 0 Å². The summed E-state index contributed by atoms with van der Waals surface area (Å²) in [5.41, 5.74) is 1.99. The molecule has 8 atom stereocenters. The van der Waals surface area contributed by atoms with Crippen LogP contribution in [0.2, 0.25) is 0 Å². The SMILES string of the molecule is C=C1[C@H](OC(C)=O)CC[C@H](C)C[C@H](OC(C)=O)C2=C(C)[C@@H]3[C@H]1CC[C@]3(C)[C@@H](O)[C@@H]2O. The highest BCUT2D eigenvalue weighted by Gasteiger charge is 2.58. The smallest absolute Gasteiger partial charge is 0.303 e. The van der Waals surface area contributed by atoms with E-state index in [1.54, 1.807) is 0 Å². The molecule has 168 valence electrons. The molecule has 0 aliphatic heterocycles. The number of hydrogen-bond acceptors (Lipinski definition) is 6. The molecule has 0 amide bonds. The normalized spacial score (nSPS) is 41.8. The van der Waals surface area contributed by atoms with Crippen LogP contribution in [0.3, 0.4) is 0 Å². The van der Waals surface area contributed by atoms with Crippen LogP contribution in [0.25, 0.3) is 0 Å². The van der Waals surface area contributed by atoms with Gasteiger partial charge in [-0.05, 0) is 62.4 Å². The van der Waals surface area contributed by atoms with Crippen LogP contribution in [0.4, 0.5) is 0 Å². The van der Waals surface area contributed by atoms with Crippen molar-refractivity contribution in [2.24, 2.45) is 23.2 Å². The molecule has 2 bridgehead atoms. The third-order valence-corrected chi connectivity index (χ3v) is 7.71. The van der Waals surface area contributed by atoms with Crippen molar-refractivity contribution in [1.29, 1.82) is 0 Å². The van der Waals surface area contributed by atoms with Crippen LogP contribution in [0.15, 0.2) is 23.3 Å². The Hall–Kier alpha value is -1.66. The standard InChI is InChI=1S/C24H36O6/c1-12-7-8-18(29-15(4)25)13(2)17-9-10-24(6)21(17)14(3)20(22(27)23(24)28)19(11-12)30-16(5)26/h12,17-19,21-23,27-28H,2,7-11H2,1,3-6H3/t12-,17-,18+,19-,21+,22+,23-,24-/m0/s1. The second-order valence-electron chi connectivity index (χ2n) is 9.85. The first-order chi connectivity index (χ1) is 14.0. The summed E-state index contributed by atoms with van der Waals surface area (Å²) in [7, 11) is 0. The molecule has 0 heterocycles. The molecule has 0 aromatic heterocycles. The van der Waals surface area contributed by atoms with Gasteiger partial charge < -0.3 is 19.7 Å². The number of ether oxygens (including phenoxy) is 2. The molecule has 2 N–H and O–H groups in total. The van der Waals surface area contributed by atoms with Crippen LogP contribution in [0.1, 0.15) is 66.7 Å². The lowest BCUT2D eigenvalue weighted by Crippen LogP contribution is -2.52. The third-order valence-electron chi connectivity index (χ3n) is 7.71. The predicted octanol–water partition coefficient (Wildman–Crippen LogP) is 3.31. The lowest BCUT2D eigenvalue weighted by molar-refractivity contribution is -0.148. The fourth-order valence-electron chi connectivity index (χ4n) is 6.28.